The zero-order valence-electron chi connectivity index (χ0n) is 34.5. The maximum absolute atomic E-state index is 5.48. The predicted octanol–water partition coefficient (Wildman–Crippen LogP) is 15.6. The molecule has 12 aromatic rings. The third-order valence-electron chi connectivity index (χ3n) is 13.8. The van der Waals surface area contributed by atoms with Crippen LogP contribution in [-0.2, 0) is 5.41 Å². The maximum Gasteiger partial charge on any atom is 0.165 e. The van der Waals surface area contributed by atoms with Crippen molar-refractivity contribution in [1.82, 2.24) is 15.0 Å². The average Bonchev–Trinajstić information content (AvgIpc) is 4.00. The molecule has 2 aliphatic carbocycles. The van der Waals surface area contributed by atoms with Gasteiger partial charge in [-0.05, 0) is 101 Å². The number of rotatable bonds is 4. The fraction of sp³-hybridized carbons (Fsp3) is 0.0167. The van der Waals surface area contributed by atoms with E-state index in [1.807, 2.05) is 0 Å². The van der Waals surface area contributed by atoms with Gasteiger partial charge in [-0.15, -0.1) is 11.3 Å². The summed E-state index contributed by atoms with van der Waals surface area (Å²) in [7, 11) is 0. The van der Waals surface area contributed by atoms with Gasteiger partial charge in [0.15, 0.2) is 17.5 Å². The molecule has 64 heavy (non-hydrogen) atoms. The van der Waals surface area contributed by atoms with E-state index >= 15 is 0 Å². The SMILES string of the molecule is c1ccc2c(c1)-c1ccccc1C21c2ccccc2-c2ccc(-c3nc(-c4cccc5c(-c6ccc7ccccc7c6)cccc45)nc(-c4cccc5c4sc4ccccc45)n3)cc21. The van der Waals surface area contributed by atoms with E-state index in [4.69, 9.17) is 15.0 Å². The summed E-state index contributed by atoms with van der Waals surface area (Å²) in [5.41, 5.74) is 15.1. The van der Waals surface area contributed by atoms with E-state index in [0.29, 0.717) is 17.5 Å². The minimum atomic E-state index is -0.481. The van der Waals surface area contributed by atoms with Gasteiger partial charge in [0.1, 0.15) is 0 Å². The highest BCUT2D eigenvalue weighted by atomic mass is 32.1. The highest BCUT2D eigenvalue weighted by molar-refractivity contribution is 7.26. The van der Waals surface area contributed by atoms with Crippen molar-refractivity contribution < 1.29 is 0 Å². The Kier molecular flexibility index (Phi) is 7.48. The van der Waals surface area contributed by atoms with Crippen molar-refractivity contribution in [3.8, 4) is 67.5 Å². The molecule has 2 aliphatic rings. The first-order valence-corrected chi connectivity index (χ1v) is 22.7. The molecule has 14 rings (SSSR count). The van der Waals surface area contributed by atoms with Crippen LogP contribution >= 0.6 is 11.3 Å². The molecule has 2 heterocycles. The van der Waals surface area contributed by atoms with Gasteiger partial charge < -0.3 is 0 Å². The van der Waals surface area contributed by atoms with E-state index < -0.39 is 5.41 Å². The molecule has 0 fully saturated rings. The van der Waals surface area contributed by atoms with Gasteiger partial charge in [-0.25, -0.2) is 15.0 Å². The van der Waals surface area contributed by atoms with Gasteiger partial charge >= 0.3 is 0 Å². The zero-order valence-corrected chi connectivity index (χ0v) is 35.3. The van der Waals surface area contributed by atoms with Crippen LogP contribution in [0, 0.1) is 0 Å². The van der Waals surface area contributed by atoms with Crippen molar-refractivity contribution in [3.05, 3.63) is 235 Å². The first-order chi connectivity index (χ1) is 31.7. The van der Waals surface area contributed by atoms with Crippen molar-refractivity contribution in [2.75, 3.05) is 0 Å². The molecule has 0 aliphatic heterocycles. The highest BCUT2D eigenvalue weighted by Crippen LogP contribution is 2.63. The minimum absolute atomic E-state index is 0.481. The molecule has 10 aromatic carbocycles. The molecule has 296 valence electrons. The molecule has 2 aromatic heterocycles. The molecule has 4 heteroatoms. The van der Waals surface area contributed by atoms with Crippen LogP contribution in [0.1, 0.15) is 22.3 Å². The van der Waals surface area contributed by atoms with Gasteiger partial charge in [-0.3, -0.25) is 0 Å². The van der Waals surface area contributed by atoms with Crippen molar-refractivity contribution in [1.29, 1.82) is 0 Å². The lowest BCUT2D eigenvalue weighted by Gasteiger charge is -2.30. The monoisotopic (exact) mass is 829 g/mol. The summed E-state index contributed by atoms with van der Waals surface area (Å²) in [6, 6.07) is 77.3. The van der Waals surface area contributed by atoms with Crippen LogP contribution in [0.25, 0.3) is 109 Å². The standard InChI is InChI=1S/C60H35N3S/c1-2-15-37-34-38(31-30-36(37)14-1)40-20-11-22-42-41(40)21-12-24-49(42)58-61-57(62-59(63-58)50-25-13-23-48-47-19-6-10-29-55(47)64-56(48)50)39-32-33-46-45-18-5-9-28-53(45)60(54(46)35-39)51-26-7-3-16-43(51)44-17-4-8-27-52(44)60/h1-35H. The number of nitrogens with zero attached hydrogens (tertiary/aromatic N) is 3. The van der Waals surface area contributed by atoms with Gasteiger partial charge in [-0.1, -0.05) is 188 Å². The number of hydrogen-bond acceptors (Lipinski definition) is 4. The largest absolute Gasteiger partial charge is 0.208 e. The fourth-order valence-electron chi connectivity index (χ4n) is 11.0. The smallest absolute Gasteiger partial charge is 0.165 e. The molecule has 3 nitrogen and oxygen atoms in total. The number of thiophene rings is 1. The second-order valence-electron chi connectivity index (χ2n) is 17.0. The predicted molar refractivity (Wildman–Crippen MR) is 266 cm³/mol. The molecular weight excluding hydrogens is 795 g/mol. The summed E-state index contributed by atoms with van der Waals surface area (Å²) in [4.78, 5) is 16.4. The van der Waals surface area contributed by atoms with Gasteiger partial charge in [0, 0.05) is 36.9 Å². The van der Waals surface area contributed by atoms with E-state index in [-0.39, 0.29) is 0 Å². The fourth-order valence-corrected chi connectivity index (χ4v) is 12.2. The maximum atomic E-state index is 5.48. The Morgan fingerprint density at radius 3 is 1.53 bits per heavy atom. The van der Waals surface area contributed by atoms with Crippen LogP contribution in [-0.4, -0.2) is 15.0 Å². The lowest BCUT2D eigenvalue weighted by Crippen LogP contribution is -2.25. The Bertz CT molecular complexity index is 3870. The summed E-state index contributed by atoms with van der Waals surface area (Å²) in [6.45, 7) is 0. The summed E-state index contributed by atoms with van der Waals surface area (Å²) < 4.78 is 2.42. The normalized spacial score (nSPS) is 13.1. The van der Waals surface area contributed by atoms with Gasteiger partial charge in [0.05, 0.1) is 5.41 Å². The van der Waals surface area contributed by atoms with Crippen LogP contribution in [0.15, 0.2) is 212 Å². The van der Waals surface area contributed by atoms with E-state index in [9.17, 15) is 0 Å². The summed E-state index contributed by atoms with van der Waals surface area (Å²) >= 11 is 1.80. The molecule has 0 radical (unpaired) electrons. The summed E-state index contributed by atoms with van der Waals surface area (Å²) in [6.07, 6.45) is 0. The molecule has 0 saturated heterocycles. The lowest BCUT2D eigenvalue weighted by atomic mass is 9.70. The molecule has 0 unspecified atom stereocenters. The van der Waals surface area contributed by atoms with Gasteiger partial charge in [0.2, 0.25) is 0 Å². The third-order valence-corrected chi connectivity index (χ3v) is 15.0. The Balaban J connectivity index is 1.02. The Morgan fingerprint density at radius 2 is 0.797 bits per heavy atom. The summed E-state index contributed by atoms with van der Waals surface area (Å²) in [5.74, 6) is 1.96. The first-order valence-electron chi connectivity index (χ1n) is 21.8. The molecule has 0 bridgehead atoms. The number of fused-ring (bicyclic) bond motifs is 15. The van der Waals surface area contributed by atoms with Gasteiger partial charge in [0.25, 0.3) is 0 Å². The lowest BCUT2D eigenvalue weighted by molar-refractivity contribution is 0.794. The number of hydrogen-bond donors (Lipinski definition) is 0. The third kappa shape index (κ3) is 4.94. The van der Waals surface area contributed by atoms with E-state index in [1.165, 1.54) is 86.6 Å². The van der Waals surface area contributed by atoms with E-state index in [0.717, 1.165) is 27.5 Å². The Hall–Kier alpha value is -8.05. The van der Waals surface area contributed by atoms with E-state index in [1.54, 1.807) is 11.3 Å². The van der Waals surface area contributed by atoms with Crippen molar-refractivity contribution >= 4 is 53.1 Å². The average molecular weight is 830 g/mol. The van der Waals surface area contributed by atoms with Crippen LogP contribution in [0.4, 0.5) is 0 Å². The van der Waals surface area contributed by atoms with Crippen LogP contribution in [0.3, 0.4) is 0 Å². The first kappa shape index (κ1) is 35.5. The van der Waals surface area contributed by atoms with Crippen LogP contribution in [0.2, 0.25) is 0 Å². The number of benzene rings is 10. The summed E-state index contributed by atoms with van der Waals surface area (Å²) in [5, 5.41) is 7.16. The Labute approximate surface area is 373 Å². The molecule has 0 saturated carbocycles. The highest BCUT2D eigenvalue weighted by Gasteiger charge is 2.51. The van der Waals surface area contributed by atoms with Crippen molar-refractivity contribution in [2.45, 2.75) is 5.41 Å². The molecule has 0 atom stereocenters. The van der Waals surface area contributed by atoms with E-state index in [2.05, 4.69) is 212 Å². The molecular formula is C60H35N3S. The molecule has 0 N–H and O–H groups in total. The topological polar surface area (TPSA) is 38.7 Å². The van der Waals surface area contributed by atoms with Crippen LogP contribution < -0.4 is 0 Å². The molecule has 0 amide bonds. The quantitative estimate of drug-likeness (QED) is 0.177. The Morgan fingerprint density at radius 1 is 0.297 bits per heavy atom. The molecule has 1 spiro atoms. The second-order valence-corrected chi connectivity index (χ2v) is 18.1. The van der Waals surface area contributed by atoms with Crippen LogP contribution in [0.5, 0.6) is 0 Å². The van der Waals surface area contributed by atoms with Gasteiger partial charge in [-0.2, -0.15) is 0 Å². The van der Waals surface area contributed by atoms with Crippen molar-refractivity contribution in [2.24, 2.45) is 0 Å². The minimum Gasteiger partial charge on any atom is -0.208 e. The zero-order chi connectivity index (χ0) is 41.9. The van der Waals surface area contributed by atoms with Crippen molar-refractivity contribution in [3.63, 3.8) is 0 Å². The second kappa shape index (κ2) is 13.5. The number of aromatic nitrogens is 3.